The van der Waals surface area contributed by atoms with Crippen LogP contribution in [0.2, 0.25) is 0 Å². The van der Waals surface area contributed by atoms with Crippen molar-refractivity contribution in [2.75, 3.05) is 19.6 Å². The third-order valence-corrected chi connectivity index (χ3v) is 4.96. The average molecular weight is 238 g/mol. The Morgan fingerprint density at radius 3 is 2.65 bits per heavy atom. The molecule has 2 fully saturated rings. The van der Waals surface area contributed by atoms with E-state index in [4.69, 9.17) is 5.73 Å². The average Bonchev–Trinajstić information content (AvgIpc) is 2.79. The topological polar surface area (TPSA) is 29.3 Å². The molecule has 0 aromatic heterocycles. The Balaban J connectivity index is 1.86. The lowest BCUT2D eigenvalue weighted by Gasteiger charge is -2.38. The zero-order valence-corrected chi connectivity index (χ0v) is 11.5. The highest BCUT2D eigenvalue weighted by molar-refractivity contribution is 4.84. The fourth-order valence-corrected chi connectivity index (χ4v) is 3.93. The van der Waals surface area contributed by atoms with Gasteiger partial charge in [0.05, 0.1) is 0 Å². The van der Waals surface area contributed by atoms with Crippen LogP contribution in [0.15, 0.2) is 0 Å². The predicted molar refractivity (Wildman–Crippen MR) is 74.0 cm³/mol. The summed E-state index contributed by atoms with van der Waals surface area (Å²) < 4.78 is 0. The Hall–Kier alpha value is -0.0800. The van der Waals surface area contributed by atoms with E-state index in [-0.39, 0.29) is 0 Å². The van der Waals surface area contributed by atoms with E-state index in [0.29, 0.717) is 0 Å². The lowest BCUT2D eigenvalue weighted by Crippen LogP contribution is -2.43. The van der Waals surface area contributed by atoms with Crippen LogP contribution in [0.25, 0.3) is 0 Å². The van der Waals surface area contributed by atoms with Crippen LogP contribution in [-0.4, -0.2) is 30.6 Å². The van der Waals surface area contributed by atoms with Crippen molar-refractivity contribution < 1.29 is 0 Å². The summed E-state index contributed by atoms with van der Waals surface area (Å²) in [5, 5.41) is 0. The Bertz CT molecular complexity index is 215. The minimum Gasteiger partial charge on any atom is -0.330 e. The zero-order valence-electron chi connectivity index (χ0n) is 11.5. The summed E-state index contributed by atoms with van der Waals surface area (Å²) in [7, 11) is 0. The fraction of sp³-hybridized carbons (Fsp3) is 1.00. The van der Waals surface area contributed by atoms with Gasteiger partial charge in [-0.2, -0.15) is 0 Å². The second-order valence-electron chi connectivity index (χ2n) is 6.12. The summed E-state index contributed by atoms with van der Waals surface area (Å²) in [4.78, 5) is 2.80. The molecule has 0 aromatic rings. The molecular formula is C15H30N2. The third-order valence-electron chi connectivity index (χ3n) is 4.96. The van der Waals surface area contributed by atoms with Crippen LogP contribution in [0.1, 0.15) is 58.3 Å². The van der Waals surface area contributed by atoms with Gasteiger partial charge in [-0.15, -0.1) is 0 Å². The van der Waals surface area contributed by atoms with E-state index in [1.807, 2.05) is 0 Å². The van der Waals surface area contributed by atoms with Gasteiger partial charge < -0.3 is 10.6 Å². The molecule has 2 N–H and O–H groups in total. The smallest absolute Gasteiger partial charge is 0.00952 e. The van der Waals surface area contributed by atoms with Crippen molar-refractivity contribution >= 4 is 0 Å². The molecule has 0 radical (unpaired) electrons. The SMILES string of the molecule is CCCC1CCCCN1CC1CCCC1CN. The van der Waals surface area contributed by atoms with E-state index in [1.165, 1.54) is 64.5 Å². The lowest BCUT2D eigenvalue weighted by molar-refractivity contribution is 0.108. The third kappa shape index (κ3) is 3.45. The molecule has 1 saturated heterocycles. The van der Waals surface area contributed by atoms with Crippen LogP contribution in [0, 0.1) is 11.8 Å². The molecule has 0 amide bonds. The van der Waals surface area contributed by atoms with Crippen molar-refractivity contribution in [3.8, 4) is 0 Å². The molecule has 0 bridgehead atoms. The van der Waals surface area contributed by atoms with Crippen molar-refractivity contribution in [3.63, 3.8) is 0 Å². The van der Waals surface area contributed by atoms with Crippen molar-refractivity contribution in [1.29, 1.82) is 0 Å². The summed E-state index contributed by atoms with van der Waals surface area (Å²) in [5.41, 5.74) is 5.90. The molecule has 1 heterocycles. The van der Waals surface area contributed by atoms with E-state index in [2.05, 4.69) is 11.8 Å². The first kappa shape index (κ1) is 13.4. The van der Waals surface area contributed by atoms with Crippen LogP contribution in [0.4, 0.5) is 0 Å². The van der Waals surface area contributed by atoms with Gasteiger partial charge in [0.2, 0.25) is 0 Å². The standard InChI is InChI=1S/C15H30N2/c1-2-6-15-9-3-4-10-17(15)12-14-8-5-7-13(14)11-16/h13-15H,2-12,16H2,1H3. The van der Waals surface area contributed by atoms with Gasteiger partial charge in [0.25, 0.3) is 0 Å². The second-order valence-corrected chi connectivity index (χ2v) is 6.12. The molecular weight excluding hydrogens is 208 g/mol. The Labute approximate surface area is 107 Å². The molecule has 0 spiro atoms. The second kappa shape index (κ2) is 6.75. The quantitative estimate of drug-likeness (QED) is 0.798. The molecule has 2 heteroatoms. The summed E-state index contributed by atoms with van der Waals surface area (Å²) in [6, 6.07) is 0.882. The maximum absolute atomic E-state index is 5.90. The number of hydrogen-bond donors (Lipinski definition) is 1. The maximum atomic E-state index is 5.90. The van der Waals surface area contributed by atoms with Gasteiger partial charge >= 0.3 is 0 Å². The van der Waals surface area contributed by atoms with Crippen LogP contribution >= 0.6 is 0 Å². The van der Waals surface area contributed by atoms with Gasteiger partial charge in [-0.25, -0.2) is 0 Å². The van der Waals surface area contributed by atoms with Crippen LogP contribution in [-0.2, 0) is 0 Å². The van der Waals surface area contributed by atoms with Gasteiger partial charge in [-0.05, 0) is 57.0 Å². The largest absolute Gasteiger partial charge is 0.330 e. The molecule has 2 rings (SSSR count). The number of nitrogens with two attached hydrogens (primary N) is 1. The maximum Gasteiger partial charge on any atom is 0.00952 e. The number of nitrogens with zero attached hydrogens (tertiary/aromatic N) is 1. The molecule has 100 valence electrons. The lowest BCUT2D eigenvalue weighted by atomic mass is 9.92. The molecule has 17 heavy (non-hydrogen) atoms. The summed E-state index contributed by atoms with van der Waals surface area (Å²) in [6.45, 7) is 5.92. The number of piperidine rings is 1. The summed E-state index contributed by atoms with van der Waals surface area (Å²) in [6.07, 6.45) is 11.3. The van der Waals surface area contributed by atoms with Crippen molar-refractivity contribution in [2.45, 2.75) is 64.3 Å². The van der Waals surface area contributed by atoms with E-state index in [9.17, 15) is 0 Å². The van der Waals surface area contributed by atoms with Gasteiger partial charge in [0.15, 0.2) is 0 Å². The molecule has 2 nitrogen and oxygen atoms in total. The summed E-state index contributed by atoms with van der Waals surface area (Å²) >= 11 is 0. The summed E-state index contributed by atoms with van der Waals surface area (Å²) in [5.74, 6) is 1.72. The molecule has 1 aliphatic carbocycles. The molecule has 1 aliphatic heterocycles. The Kier molecular flexibility index (Phi) is 5.30. The molecule has 3 atom stereocenters. The normalized spacial score (nSPS) is 35.3. The number of likely N-dealkylation sites (tertiary alicyclic amines) is 1. The van der Waals surface area contributed by atoms with Crippen molar-refractivity contribution in [3.05, 3.63) is 0 Å². The Morgan fingerprint density at radius 1 is 1.06 bits per heavy atom. The first-order chi connectivity index (χ1) is 8.35. The van der Waals surface area contributed by atoms with Gasteiger partial charge in [-0.1, -0.05) is 26.2 Å². The van der Waals surface area contributed by atoms with Crippen LogP contribution in [0.3, 0.4) is 0 Å². The molecule has 1 saturated carbocycles. The van der Waals surface area contributed by atoms with Crippen molar-refractivity contribution in [2.24, 2.45) is 17.6 Å². The van der Waals surface area contributed by atoms with E-state index in [1.54, 1.807) is 0 Å². The molecule has 3 unspecified atom stereocenters. The highest BCUT2D eigenvalue weighted by atomic mass is 15.2. The minimum atomic E-state index is 0.819. The van der Waals surface area contributed by atoms with Gasteiger partial charge in [-0.3, -0.25) is 0 Å². The fourth-order valence-electron chi connectivity index (χ4n) is 3.93. The molecule has 2 aliphatic rings. The monoisotopic (exact) mass is 238 g/mol. The van der Waals surface area contributed by atoms with Gasteiger partial charge in [0, 0.05) is 12.6 Å². The van der Waals surface area contributed by atoms with E-state index < -0.39 is 0 Å². The van der Waals surface area contributed by atoms with Crippen LogP contribution in [0.5, 0.6) is 0 Å². The first-order valence-electron chi connectivity index (χ1n) is 7.79. The van der Waals surface area contributed by atoms with Crippen molar-refractivity contribution in [1.82, 2.24) is 4.90 Å². The van der Waals surface area contributed by atoms with E-state index >= 15 is 0 Å². The zero-order chi connectivity index (χ0) is 12.1. The Morgan fingerprint density at radius 2 is 1.88 bits per heavy atom. The number of rotatable bonds is 5. The first-order valence-corrected chi connectivity index (χ1v) is 7.79. The highest BCUT2D eigenvalue weighted by Crippen LogP contribution is 2.33. The molecule has 0 aromatic carbocycles. The number of hydrogen-bond acceptors (Lipinski definition) is 2. The van der Waals surface area contributed by atoms with E-state index in [0.717, 1.165) is 24.4 Å². The highest BCUT2D eigenvalue weighted by Gasteiger charge is 2.30. The van der Waals surface area contributed by atoms with Crippen LogP contribution < -0.4 is 5.73 Å². The predicted octanol–water partition coefficient (Wildman–Crippen LogP) is 3.02. The minimum absolute atomic E-state index is 0.819. The van der Waals surface area contributed by atoms with Gasteiger partial charge in [0.1, 0.15) is 0 Å².